The predicted molar refractivity (Wildman–Crippen MR) is 97.9 cm³/mol. The Bertz CT molecular complexity index is 1110. The van der Waals surface area contributed by atoms with Crippen LogP contribution in [0.25, 0.3) is 17.1 Å². The second-order valence-corrected chi connectivity index (χ2v) is 6.38. The number of nitrogens with zero attached hydrogens (tertiary/aromatic N) is 6. The Hall–Kier alpha value is -3.40. The van der Waals surface area contributed by atoms with Crippen molar-refractivity contribution in [3.05, 3.63) is 64.6 Å². The summed E-state index contributed by atoms with van der Waals surface area (Å²) in [5, 5.41) is 20.1. The lowest BCUT2D eigenvalue weighted by Crippen LogP contribution is -2.08. The molecule has 4 rings (SSSR count). The Morgan fingerprint density at radius 2 is 1.90 bits per heavy atom. The van der Waals surface area contributed by atoms with Crippen molar-refractivity contribution in [2.75, 3.05) is 0 Å². The maximum Gasteiger partial charge on any atom is 0.263 e. The highest BCUT2D eigenvalue weighted by atomic mass is 35.5. The molecule has 0 N–H and O–H groups in total. The highest BCUT2D eigenvalue weighted by molar-refractivity contribution is 6.29. The minimum absolute atomic E-state index is 0.0150. The van der Waals surface area contributed by atoms with Crippen molar-refractivity contribution in [1.82, 2.24) is 30.3 Å². The summed E-state index contributed by atoms with van der Waals surface area (Å²) in [5.41, 5.74) is 1.88. The molecule has 0 unspecified atom stereocenters. The fourth-order valence-corrected chi connectivity index (χ4v) is 2.70. The van der Waals surface area contributed by atoms with Crippen LogP contribution in [0.4, 0.5) is 8.78 Å². The van der Waals surface area contributed by atoms with Gasteiger partial charge in [0.05, 0.1) is 5.69 Å². The molecule has 0 atom stereocenters. The van der Waals surface area contributed by atoms with E-state index in [0.29, 0.717) is 28.5 Å². The van der Waals surface area contributed by atoms with E-state index >= 15 is 0 Å². The Morgan fingerprint density at radius 3 is 2.52 bits per heavy atom. The monoisotopic (exact) mass is 418 g/mol. The van der Waals surface area contributed by atoms with E-state index in [-0.39, 0.29) is 23.2 Å². The van der Waals surface area contributed by atoms with E-state index in [1.54, 1.807) is 25.1 Å². The molecule has 0 spiro atoms. The van der Waals surface area contributed by atoms with Crippen molar-refractivity contribution < 1.29 is 18.0 Å². The quantitative estimate of drug-likeness (QED) is 0.463. The molecule has 3 heterocycles. The average Bonchev–Trinajstić information content (AvgIpc) is 3.33. The Kier molecular flexibility index (Phi) is 5.17. The van der Waals surface area contributed by atoms with Crippen LogP contribution in [-0.2, 0) is 6.61 Å². The lowest BCUT2D eigenvalue weighted by molar-refractivity contribution is 0.151. The number of ether oxygens (including phenoxy) is 1. The van der Waals surface area contributed by atoms with Gasteiger partial charge in [-0.05, 0) is 25.1 Å². The lowest BCUT2D eigenvalue weighted by Gasteiger charge is -2.09. The predicted octanol–water partition coefficient (Wildman–Crippen LogP) is 4.19. The normalized spacial score (nSPS) is 11.2. The summed E-state index contributed by atoms with van der Waals surface area (Å²) in [7, 11) is 0. The summed E-state index contributed by atoms with van der Waals surface area (Å²) in [6.45, 7) is 1.77. The lowest BCUT2D eigenvalue weighted by atomic mass is 10.2. The standard InChI is InChI=1S/C18H13ClF2N6O2/c1-10-8-13(25-29-10)17-14(9-28-16-7-6-15(19)22-23-16)27(26-24-17)12-4-2-11(3-5-12)18(20)21/h2-8,18H,9H2,1H3. The molecule has 8 nitrogen and oxygen atoms in total. The SMILES string of the molecule is Cc1cc(-c2nnn(-c3ccc(C(F)F)cc3)c2COc2ccc(Cl)nn2)no1. The van der Waals surface area contributed by atoms with E-state index in [0.717, 1.165) is 0 Å². The zero-order valence-corrected chi connectivity index (χ0v) is 15.7. The summed E-state index contributed by atoms with van der Waals surface area (Å²) in [4.78, 5) is 0. The number of alkyl halides is 2. The van der Waals surface area contributed by atoms with Gasteiger partial charge in [0.1, 0.15) is 29.4 Å². The van der Waals surface area contributed by atoms with Crippen LogP contribution in [-0.4, -0.2) is 30.3 Å². The summed E-state index contributed by atoms with van der Waals surface area (Å²) in [5.74, 6) is 0.851. The number of aromatic nitrogens is 6. The molecule has 0 amide bonds. The molecule has 0 saturated heterocycles. The highest BCUT2D eigenvalue weighted by Crippen LogP contribution is 2.26. The highest BCUT2D eigenvalue weighted by Gasteiger charge is 2.20. The first-order chi connectivity index (χ1) is 14.0. The van der Waals surface area contributed by atoms with Crippen LogP contribution < -0.4 is 4.74 Å². The maximum atomic E-state index is 12.8. The van der Waals surface area contributed by atoms with Crippen LogP contribution >= 0.6 is 11.6 Å². The van der Waals surface area contributed by atoms with Gasteiger partial charge in [-0.25, -0.2) is 13.5 Å². The third kappa shape index (κ3) is 4.06. The molecular formula is C18H13ClF2N6O2. The van der Waals surface area contributed by atoms with E-state index in [2.05, 4.69) is 25.7 Å². The van der Waals surface area contributed by atoms with Crippen molar-refractivity contribution in [3.63, 3.8) is 0 Å². The third-order valence-corrected chi connectivity index (χ3v) is 4.19. The first kappa shape index (κ1) is 18.9. The molecule has 29 heavy (non-hydrogen) atoms. The minimum atomic E-state index is -2.56. The van der Waals surface area contributed by atoms with Gasteiger partial charge >= 0.3 is 0 Å². The van der Waals surface area contributed by atoms with Crippen molar-refractivity contribution in [1.29, 1.82) is 0 Å². The van der Waals surface area contributed by atoms with E-state index in [1.165, 1.54) is 28.9 Å². The minimum Gasteiger partial charge on any atom is -0.470 e. The largest absolute Gasteiger partial charge is 0.470 e. The van der Waals surface area contributed by atoms with Crippen molar-refractivity contribution in [2.24, 2.45) is 0 Å². The number of hydrogen-bond acceptors (Lipinski definition) is 7. The van der Waals surface area contributed by atoms with Crippen molar-refractivity contribution in [3.8, 4) is 23.0 Å². The molecule has 0 fully saturated rings. The summed E-state index contributed by atoms with van der Waals surface area (Å²) >= 11 is 5.73. The molecule has 0 saturated carbocycles. The van der Waals surface area contributed by atoms with Gasteiger partial charge in [0, 0.05) is 17.7 Å². The van der Waals surface area contributed by atoms with Crippen LogP contribution in [0.15, 0.2) is 47.0 Å². The summed E-state index contributed by atoms with van der Waals surface area (Å²) in [6.07, 6.45) is -2.56. The van der Waals surface area contributed by atoms with E-state index < -0.39 is 6.43 Å². The van der Waals surface area contributed by atoms with Gasteiger partial charge in [-0.3, -0.25) is 0 Å². The molecule has 0 aliphatic carbocycles. The number of hydrogen-bond donors (Lipinski definition) is 0. The first-order valence-electron chi connectivity index (χ1n) is 8.40. The molecule has 11 heteroatoms. The van der Waals surface area contributed by atoms with Crippen LogP contribution in [0.3, 0.4) is 0 Å². The van der Waals surface area contributed by atoms with Crippen LogP contribution in [0, 0.1) is 6.92 Å². The molecule has 0 aliphatic heterocycles. The molecule has 0 bridgehead atoms. The Labute approximate surface area is 168 Å². The van der Waals surface area contributed by atoms with Crippen LogP contribution in [0.2, 0.25) is 5.15 Å². The first-order valence-corrected chi connectivity index (χ1v) is 8.78. The van der Waals surface area contributed by atoms with Crippen molar-refractivity contribution >= 4 is 11.6 Å². The molecule has 3 aromatic heterocycles. The van der Waals surface area contributed by atoms with Gasteiger partial charge < -0.3 is 9.26 Å². The Morgan fingerprint density at radius 1 is 1.10 bits per heavy atom. The second kappa shape index (κ2) is 7.92. The van der Waals surface area contributed by atoms with Gasteiger partial charge in [0.25, 0.3) is 6.43 Å². The molecule has 0 aliphatic rings. The van der Waals surface area contributed by atoms with Crippen LogP contribution in [0.5, 0.6) is 5.88 Å². The van der Waals surface area contributed by atoms with Gasteiger partial charge in [-0.2, -0.15) is 0 Å². The number of benzene rings is 1. The maximum absolute atomic E-state index is 12.8. The fourth-order valence-electron chi connectivity index (χ4n) is 2.60. The van der Waals surface area contributed by atoms with Gasteiger partial charge in [0.15, 0.2) is 5.15 Å². The van der Waals surface area contributed by atoms with Gasteiger partial charge in [-0.1, -0.05) is 34.1 Å². The molecule has 0 radical (unpaired) electrons. The zero-order chi connectivity index (χ0) is 20.4. The molecule has 4 aromatic rings. The van der Waals surface area contributed by atoms with Gasteiger partial charge in [-0.15, -0.1) is 15.3 Å². The number of rotatable bonds is 6. The zero-order valence-electron chi connectivity index (χ0n) is 15.0. The second-order valence-electron chi connectivity index (χ2n) is 5.99. The number of halogens is 3. The van der Waals surface area contributed by atoms with Crippen LogP contribution in [0.1, 0.15) is 23.4 Å². The fraction of sp³-hybridized carbons (Fsp3) is 0.167. The molecule has 1 aromatic carbocycles. The molecule has 148 valence electrons. The van der Waals surface area contributed by atoms with Crippen molar-refractivity contribution in [2.45, 2.75) is 20.0 Å². The van der Waals surface area contributed by atoms with E-state index in [1.807, 2.05) is 0 Å². The van der Waals surface area contributed by atoms with E-state index in [9.17, 15) is 8.78 Å². The summed E-state index contributed by atoms with van der Waals surface area (Å²) in [6, 6.07) is 10.5. The molecular weight excluding hydrogens is 406 g/mol. The topological polar surface area (TPSA) is 91.8 Å². The van der Waals surface area contributed by atoms with Gasteiger partial charge in [0.2, 0.25) is 5.88 Å². The Balaban J connectivity index is 1.70. The number of aryl methyl sites for hydroxylation is 1. The van der Waals surface area contributed by atoms with E-state index in [4.69, 9.17) is 20.9 Å². The smallest absolute Gasteiger partial charge is 0.263 e. The third-order valence-electron chi connectivity index (χ3n) is 3.99. The average molecular weight is 419 g/mol. The summed E-state index contributed by atoms with van der Waals surface area (Å²) < 4.78 is 38.0.